The van der Waals surface area contributed by atoms with Gasteiger partial charge >= 0.3 is 5.97 Å². The maximum absolute atomic E-state index is 12.5. The van der Waals surface area contributed by atoms with E-state index in [1.165, 1.54) is 7.11 Å². The summed E-state index contributed by atoms with van der Waals surface area (Å²) in [6, 6.07) is 14.2. The number of nitrogens with one attached hydrogen (secondary N) is 1. The predicted molar refractivity (Wildman–Crippen MR) is 92.3 cm³/mol. The summed E-state index contributed by atoms with van der Waals surface area (Å²) in [6.07, 6.45) is -0.154. The molecule has 126 valence electrons. The highest BCUT2D eigenvalue weighted by Crippen LogP contribution is 2.19. The molecule has 0 radical (unpaired) electrons. The molecule has 1 N–H and O–H groups in total. The van der Waals surface area contributed by atoms with Crippen molar-refractivity contribution in [1.82, 2.24) is 0 Å². The van der Waals surface area contributed by atoms with Crippen LogP contribution >= 0.6 is 0 Å². The Bertz CT molecular complexity index is 710. The second-order valence-electron chi connectivity index (χ2n) is 5.35. The summed E-state index contributed by atoms with van der Waals surface area (Å²) < 4.78 is 10.5. The lowest BCUT2D eigenvalue weighted by atomic mass is 10.1. The van der Waals surface area contributed by atoms with Gasteiger partial charge in [0.25, 0.3) is 5.91 Å². The van der Waals surface area contributed by atoms with Crippen molar-refractivity contribution in [3.8, 4) is 5.75 Å². The molecule has 2 rings (SSSR count). The van der Waals surface area contributed by atoms with Crippen molar-refractivity contribution in [2.24, 2.45) is 0 Å². The summed E-state index contributed by atoms with van der Waals surface area (Å²) in [4.78, 5) is 24.3. The first-order valence-electron chi connectivity index (χ1n) is 7.76. The molecule has 5 nitrogen and oxygen atoms in total. The minimum atomic E-state index is -0.654. The van der Waals surface area contributed by atoms with Crippen LogP contribution < -0.4 is 10.1 Å². The van der Waals surface area contributed by atoms with Crippen molar-refractivity contribution in [3.05, 3.63) is 59.7 Å². The molecule has 1 atom stereocenters. The number of benzene rings is 2. The molecular weight excluding hydrogens is 306 g/mol. The summed E-state index contributed by atoms with van der Waals surface area (Å²) in [5.74, 6) is -0.184. The SMILES string of the molecule is CCC(Oc1ccc(C)cc1)C(=O)Nc1ccccc1C(=O)OC. The molecule has 0 fully saturated rings. The van der Waals surface area contributed by atoms with Crippen LogP contribution in [0.4, 0.5) is 5.69 Å². The standard InChI is InChI=1S/C19H21NO4/c1-4-17(24-14-11-9-13(2)10-12-14)18(21)20-16-8-6-5-7-15(16)19(22)23-3/h5-12,17H,4H2,1-3H3,(H,20,21). The Balaban J connectivity index is 2.12. The third-order valence-electron chi connectivity index (χ3n) is 3.55. The van der Waals surface area contributed by atoms with Crippen LogP contribution in [0.25, 0.3) is 0 Å². The molecule has 0 aromatic heterocycles. The monoisotopic (exact) mass is 327 g/mol. The molecule has 0 aliphatic rings. The zero-order valence-corrected chi connectivity index (χ0v) is 14.0. The highest BCUT2D eigenvalue weighted by atomic mass is 16.5. The molecule has 0 aliphatic heterocycles. The van der Waals surface area contributed by atoms with E-state index < -0.39 is 12.1 Å². The zero-order chi connectivity index (χ0) is 17.5. The van der Waals surface area contributed by atoms with Crippen LogP contribution in [-0.2, 0) is 9.53 Å². The summed E-state index contributed by atoms with van der Waals surface area (Å²) >= 11 is 0. The van der Waals surface area contributed by atoms with Gasteiger partial charge in [-0.2, -0.15) is 0 Å². The molecular formula is C19H21NO4. The van der Waals surface area contributed by atoms with E-state index in [2.05, 4.69) is 5.32 Å². The van der Waals surface area contributed by atoms with E-state index in [4.69, 9.17) is 9.47 Å². The average molecular weight is 327 g/mol. The highest BCUT2D eigenvalue weighted by Gasteiger charge is 2.21. The topological polar surface area (TPSA) is 64.6 Å². The van der Waals surface area contributed by atoms with E-state index in [1.807, 2.05) is 38.1 Å². The molecule has 2 aromatic carbocycles. The summed E-state index contributed by atoms with van der Waals surface area (Å²) in [6.45, 7) is 3.85. The van der Waals surface area contributed by atoms with Gasteiger partial charge in [0.2, 0.25) is 0 Å². The van der Waals surface area contributed by atoms with Crippen molar-refractivity contribution >= 4 is 17.6 Å². The van der Waals surface area contributed by atoms with Crippen molar-refractivity contribution in [1.29, 1.82) is 0 Å². The third-order valence-corrected chi connectivity index (χ3v) is 3.55. The van der Waals surface area contributed by atoms with Crippen molar-refractivity contribution in [2.75, 3.05) is 12.4 Å². The van der Waals surface area contributed by atoms with Crippen molar-refractivity contribution in [2.45, 2.75) is 26.4 Å². The predicted octanol–water partition coefficient (Wildman–Crippen LogP) is 3.58. The Hall–Kier alpha value is -2.82. The molecule has 24 heavy (non-hydrogen) atoms. The average Bonchev–Trinajstić information content (AvgIpc) is 2.61. The molecule has 0 saturated carbocycles. The van der Waals surface area contributed by atoms with E-state index in [0.717, 1.165) is 5.56 Å². The lowest BCUT2D eigenvalue weighted by molar-refractivity contribution is -0.122. The quantitative estimate of drug-likeness (QED) is 0.824. The zero-order valence-electron chi connectivity index (χ0n) is 14.0. The Labute approximate surface area is 141 Å². The normalized spacial score (nSPS) is 11.5. The van der Waals surface area contributed by atoms with Gasteiger partial charge in [0.05, 0.1) is 18.4 Å². The number of hydrogen-bond donors (Lipinski definition) is 1. The van der Waals surface area contributed by atoms with Crippen LogP contribution in [-0.4, -0.2) is 25.1 Å². The maximum atomic E-state index is 12.5. The summed E-state index contributed by atoms with van der Waals surface area (Å²) in [7, 11) is 1.30. The largest absolute Gasteiger partial charge is 0.481 e. The molecule has 0 saturated heterocycles. The van der Waals surface area contributed by atoms with E-state index in [9.17, 15) is 9.59 Å². The van der Waals surface area contributed by atoms with Gasteiger partial charge in [-0.15, -0.1) is 0 Å². The van der Waals surface area contributed by atoms with Crippen LogP contribution in [0.5, 0.6) is 5.75 Å². The second kappa shape index (κ2) is 8.15. The minimum Gasteiger partial charge on any atom is -0.481 e. The molecule has 0 spiro atoms. The first-order valence-corrected chi connectivity index (χ1v) is 7.76. The lowest BCUT2D eigenvalue weighted by Gasteiger charge is -2.18. The molecule has 2 aromatic rings. The van der Waals surface area contributed by atoms with Gasteiger partial charge in [-0.3, -0.25) is 4.79 Å². The smallest absolute Gasteiger partial charge is 0.339 e. The molecule has 0 heterocycles. The van der Waals surface area contributed by atoms with E-state index in [-0.39, 0.29) is 5.91 Å². The number of carbonyl (C=O) groups excluding carboxylic acids is 2. The fourth-order valence-corrected chi connectivity index (χ4v) is 2.20. The van der Waals surface area contributed by atoms with E-state index >= 15 is 0 Å². The van der Waals surface area contributed by atoms with Crippen LogP contribution in [0.2, 0.25) is 0 Å². The summed E-state index contributed by atoms with van der Waals surface area (Å²) in [5, 5.41) is 2.74. The number of aryl methyl sites for hydroxylation is 1. The summed E-state index contributed by atoms with van der Waals surface area (Å²) in [5.41, 5.74) is 1.82. The van der Waals surface area contributed by atoms with Gasteiger partial charge in [-0.25, -0.2) is 4.79 Å². The van der Waals surface area contributed by atoms with Crippen LogP contribution in [0.1, 0.15) is 29.3 Å². The Morgan fingerprint density at radius 1 is 1.08 bits per heavy atom. The van der Waals surface area contributed by atoms with Crippen molar-refractivity contribution < 1.29 is 19.1 Å². The van der Waals surface area contributed by atoms with Crippen molar-refractivity contribution in [3.63, 3.8) is 0 Å². The minimum absolute atomic E-state index is 0.304. The maximum Gasteiger partial charge on any atom is 0.339 e. The van der Waals surface area contributed by atoms with E-state index in [0.29, 0.717) is 23.4 Å². The second-order valence-corrected chi connectivity index (χ2v) is 5.35. The fourth-order valence-electron chi connectivity index (χ4n) is 2.20. The van der Waals surface area contributed by atoms with Gasteiger partial charge in [-0.1, -0.05) is 36.8 Å². The van der Waals surface area contributed by atoms with Gasteiger partial charge < -0.3 is 14.8 Å². The third kappa shape index (κ3) is 4.35. The first-order chi connectivity index (χ1) is 11.5. The van der Waals surface area contributed by atoms with Gasteiger partial charge in [0, 0.05) is 0 Å². The van der Waals surface area contributed by atoms with Gasteiger partial charge in [0.1, 0.15) is 5.75 Å². The molecule has 1 amide bonds. The van der Waals surface area contributed by atoms with Gasteiger partial charge in [0.15, 0.2) is 6.10 Å². The number of para-hydroxylation sites is 1. The Kier molecular flexibility index (Phi) is 5.95. The number of carbonyl (C=O) groups is 2. The Morgan fingerprint density at radius 2 is 1.75 bits per heavy atom. The molecule has 0 aliphatic carbocycles. The van der Waals surface area contributed by atoms with Crippen LogP contribution in [0.15, 0.2) is 48.5 Å². The number of hydrogen-bond acceptors (Lipinski definition) is 4. The number of anilines is 1. The molecule has 0 bridgehead atoms. The van der Waals surface area contributed by atoms with Gasteiger partial charge in [-0.05, 0) is 37.6 Å². The van der Waals surface area contributed by atoms with Crippen LogP contribution in [0, 0.1) is 6.92 Å². The highest BCUT2D eigenvalue weighted by molar-refractivity contribution is 6.02. The molecule has 5 heteroatoms. The number of ether oxygens (including phenoxy) is 2. The van der Waals surface area contributed by atoms with E-state index in [1.54, 1.807) is 24.3 Å². The Morgan fingerprint density at radius 3 is 2.38 bits per heavy atom. The number of amides is 1. The van der Waals surface area contributed by atoms with Crippen LogP contribution in [0.3, 0.4) is 0 Å². The molecule has 1 unspecified atom stereocenters. The fraction of sp³-hybridized carbons (Fsp3) is 0.263. The lowest BCUT2D eigenvalue weighted by Crippen LogP contribution is -2.32. The number of rotatable bonds is 6. The number of esters is 1. The number of methoxy groups -OCH3 is 1. The first kappa shape index (κ1) is 17.5.